The summed E-state index contributed by atoms with van der Waals surface area (Å²) < 4.78 is 11.7. The number of hydrogen-bond acceptors (Lipinski definition) is 7. The number of likely N-dealkylation sites (tertiary alicyclic amines) is 1. The summed E-state index contributed by atoms with van der Waals surface area (Å²) in [7, 11) is 1.58. The van der Waals surface area contributed by atoms with Gasteiger partial charge in [-0.05, 0) is 42.7 Å². The lowest BCUT2D eigenvalue weighted by atomic mass is 9.88. The van der Waals surface area contributed by atoms with Gasteiger partial charge in [-0.15, -0.1) is 11.3 Å². The van der Waals surface area contributed by atoms with Gasteiger partial charge in [-0.2, -0.15) is 0 Å². The molecule has 0 saturated carbocycles. The van der Waals surface area contributed by atoms with Crippen molar-refractivity contribution in [3.05, 3.63) is 81.8 Å². The number of carbonyl (C=O) groups excluding carboxylic acids is 3. The number of amides is 3. The zero-order valence-electron chi connectivity index (χ0n) is 24.0. The Morgan fingerprint density at radius 2 is 1.93 bits per heavy atom. The molecule has 3 aromatic rings. The van der Waals surface area contributed by atoms with Crippen LogP contribution in [-0.4, -0.2) is 78.9 Å². The van der Waals surface area contributed by atoms with Crippen molar-refractivity contribution >= 4 is 35.1 Å². The highest BCUT2D eigenvalue weighted by atomic mass is 32.1. The van der Waals surface area contributed by atoms with E-state index in [-0.39, 0.29) is 36.7 Å². The molecule has 5 rings (SSSR count). The SMILES string of the molecule is COc1ccc2cc1OCCN(C(=O)Cc1csc(C)n1)CCCNC(=O)[C@H]1CN(C(=O)/C=C/c3ccccc3)C[C@H]21. The molecule has 2 aliphatic rings. The predicted octanol–water partition coefficient (Wildman–Crippen LogP) is 3.69. The monoisotopic (exact) mass is 588 g/mol. The van der Waals surface area contributed by atoms with E-state index in [0.717, 1.165) is 21.8 Å². The Kier molecular flexibility index (Phi) is 9.53. The number of ether oxygens (including phenoxy) is 2. The highest BCUT2D eigenvalue weighted by Crippen LogP contribution is 2.38. The Bertz CT molecular complexity index is 1440. The van der Waals surface area contributed by atoms with Crippen molar-refractivity contribution in [2.24, 2.45) is 5.92 Å². The van der Waals surface area contributed by atoms with E-state index in [0.29, 0.717) is 50.6 Å². The van der Waals surface area contributed by atoms with Crippen LogP contribution < -0.4 is 14.8 Å². The molecule has 220 valence electrons. The van der Waals surface area contributed by atoms with Gasteiger partial charge < -0.3 is 24.6 Å². The summed E-state index contributed by atoms with van der Waals surface area (Å²) in [5.74, 6) is 0.224. The number of thiazole rings is 1. The van der Waals surface area contributed by atoms with Gasteiger partial charge in [0.05, 0.1) is 36.7 Å². The molecule has 3 heterocycles. The molecule has 42 heavy (non-hydrogen) atoms. The highest BCUT2D eigenvalue weighted by Gasteiger charge is 2.40. The zero-order valence-corrected chi connectivity index (χ0v) is 24.8. The second-order valence-corrected chi connectivity index (χ2v) is 11.6. The molecule has 2 aromatic carbocycles. The summed E-state index contributed by atoms with van der Waals surface area (Å²) in [5, 5.41) is 5.90. The lowest BCUT2D eigenvalue weighted by molar-refractivity contribution is -0.131. The summed E-state index contributed by atoms with van der Waals surface area (Å²) >= 11 is 1.52. The summed E-state index contributed by atoms with van der Waals surface area (Å²) in [6, 6.07) is 15.3. The Morgan fingerprint density at radius 3 is 2.69 bits per heavy atom. The van der Waals surface area contributed by atoms with Gasteiger partial charge in [-0.1, -0.05) is 36.4 Å². The van der Waals surface area contributed by atoms with Crippen molar-refractivity contribution in [2.75, 3.05) is 46.4 Å². The summed E-state index contributed by atoms with van der Waals surface area (Å²) in [4.78, 5) is 47.7. The van der Waals surface area contributed by atoms with Gasteiger partial charge in [-0.3, -0.25) is 14.4 Å². The minimum atomic E-state index is -0.422. The lowest BCUT2D eigenvalue weighted by Gasteiger charge is -2.25. The first-order chi connectivity index (χ1) is 20.4. The van der Waals surface area contributed by atoms with Crippen LogP contribution in [0.15, 0.2) is 60.0 Å². The highest BCUT2D eigenvalue weighted by molar-refractivity contribution is 7.09. The summed E-state index contributed by atoms with van der Waals surface area (Å²) in [6.45, 7) is 4.24. The third-order valence-corrected chi connectivity index (χ3v) is 8.50. The van der Waals surface area contributed by atoms with Crippen LogP contribution in [0.3, 0.4) is 0 Å². The van der Waals surface area contributed by atoms with Gasteiger partial charge >= 0.3 is 0 Å². The maximum absolute atomic E-state index is 13.5. The Balaban J connectivity index is 1.34. The van der Waals surface area contributed by atoms with Crippen LogP contribution in [0.1, 0.15) is 34.2 Å². The molecule has 0 radical (unpaired) electrons. The Hall–Kier alpha value is -4.18. The number of rotatable bonds is 5. The molecule has 2 bridgehead atoms. The third kappa shape index (κ3) is 7.17. The minimum Gasteiger partial charge on any atom is -0.493 e. The van der Waals surface area contributed by atoms with E-state index >= 15 is 0 Å². The molecule has 10 heteroatoms. The first-order valence-corrected chi connectivity index (χ1v) is 15.1. The zero-order chi connectivity index (χ0) is 29.5. The molecule has 1 saturated heterocycles. The van der Waals surface area contributed by atoms with Crippen LogP contribution in [-0.2, 0) is 20.8 Å². The number of methoxy groups -OCH3 is 1. The fourth-order valence-electron chi connectivity index (χ4n) is 5.46. The third-order valence-electron chi connectivity index (χ3n) is 7.68. The van der Waals surface area contributed by atoms with Gasteiger partial charge in [0.15, 0.2) is 11.5 Å². The number of nitrogens with one attached hydrogen (secondary N) is 1. The number of aromatic nitrogens is 1. The van der Waals surface area contributed by atoms with Crippen molar-refractivity contribution in [3.8, 4) is 11.5 Å². The van der Waals surface area contributed by atoms with Gasteiger partial charge in [0.25, 0.3) is 0 Å². The molecule has 3 amide bonds. The quantitative estimate of drug-likeness (QED) is 0.457. The van der Waals surface area contributed by atoms with Crippen LogP contribution in [0, 0.1) is 12.8 Å². The molecule has 9 nitrogen and oxygen atoms in total. The number of nitrogens with zero attached hydrogens (tertiary/aromatic N) is 3. The van der Waals surface area contributed by atoms with Crippen molar-refractivity contribution < 1.29 is 23.9 Å². The number of fused-ring (bicyclic) bond motifs is 4. The Labute approximate surface area is 250 Å². The predicted molar refractivity (Wildman–Crippen MR) is 162 cm³/mol. The maximum atomic E-state index is 13.5. The first kappa shape index (κ1) is 29.3. The normalized spacial score (nSPS) is 19.5. The largest absolute Gasteiger partial charge is 0.493 e. The lowest BCUT2D eigenvalue weighted by Crippen LogP contribution is -2.40. The van der Waals surface area contributed by atoms with E-state index in [4.69, 9.17) is 9.47 Å². The molecule has 0 spiro atoms. The summed E-state index contributed by atoms with van der Waals surface area (Å²) in [5.41, 5.74) is 2.60. The van der Waals surface area contributed by atoms with Gasteiger partial charge in [0.1, 0.15) is 6.61 Å². The molecular weight excluding hydrogens is 552 g/mol. The number of hydrogen-bond donors (Lipinski definition) is 1. The molecule has 2 aliphatic heterocycles. The van der Waals surface area contributed by atoms with Crippen LogP contribution in [0.25, 0.3) is 6.08 Å². The summed E-state index contributed by atoms with van der Waals surface area (Å²) in [6.07, 6.45) is 4.18. The van der Waals surface area contributed by atoms with E-state index in [9.17, 15) is 14.4 Å². The van der Waals surface area contributed by atoms with E-state index in [1.165, 1.54) is 11.3 Å². The average molecular weight is 589 g/mol. The molecule has 1 aromatic heterocycles. The first-order valence-electron chi connectivity index (χ1n) is 14.2. The number of benzene rings is 2. The molecule has 0 aliphatic carbocycles. The molecule has 1 N–H and O–H groups in total. The fourth-order valence-corrected chi connectivity index (χ4v) is 6.07. The average Bonchev–Trinajstić information content (AvgIpc) is 3.63. The van der Waals surface area contributed by atoms with Crippen LogP contribution in [0.4, 0.5) is 0 Å². The van der Waals surface area contributed by atoms with E-state index < -0.39 is 5.92 Å². The number of aryl methyl sites for hydroxylation is 1. The molecule has 1 fully saturated rings. The smallest absolute Gasteiger partial charge is 0.246 e. The topological polar surface area (TPSA) is 101 Å². The Morgan fingerprint density at radius 1 is 1.12 bits per heavy atom. The van der Waals surface area contributed by atoms with E-state index in [1.54, 1.807) is 29.1 Å². The van der Waals surface area contributed by atoms with Gasteiger partial charge in [0.2, 0.25) is 17.7 Å². The second kappa shape index (κ2) is 13.7. The van der Waals surface area contributed by atoms with Gasteiger partial charge in [0, 0.05) is 43.6 Å². The van der Waals surface area contributed by atoms with Crippen molar-refractivity contribution in [3.63, 3.8) is 0 Å². The number of carbonyl (C=O) groups is 3. The minimum absolute atomic E-state index is 0.0309. The molecular formula is C32H36N4O5S. The van der Waals surface area contributed by atoms with Crippen LogP contribution >= 0.6 is 11.3 Å². The standard InChI is InChI=1S/C32H36N4O5S/c1-22-34-25(21-42-22)18-31(38)35-14-6-13-33-32(39)27-20-36(30(37)12-9-23-7-4-3-5-8-23)19-26(27)24-10-11-28(40-2)29(17-24)41-16-15-35/h3-5,7-12,17,21,26-27H,6,13-16,18-20H2,1-2H3,(H,33,39)/b12-9+/t26-,27+/m1/s1. The van der Waals surface area contributed by atoms with E-state index in [2.05, 4.69) is 10.3 Å². The van der Waals surface area contributed by atoms with E-state index in [1.807, 2.05) is 60.8 Å². The molecule has 0 unspecified atom stereocenters. The maximum Gasteiger partial charge on any atom is 0.246 e. The van der Waals surface area contributed by atoms with Crippen LogP contribution in [0.2, 0.25) is 0 Å². The second-order valence-electron chi connectivity index (χ2n) is 10.5. The van der Waals surface area contributed by atoms with Crippen LogP contribution in [0.5, 0.6) is 11.5 Å². The fraction of sp³-hybridized carbons (Fsp3) is 0.375. The molecule has 2 atom stereocenters. The van der Waals surface area contributed by atoms with Crippen molar-refractivity contribution in [1.82, 2.24) is 20.1 Å². The van der Waals surface area contributed by atoms with Crippen molar-refractivity contribution in [1.29, 1.82) is 0 Å². The van der Waals surface area contributed by atoms with Gasteiger partial charge in [-0.25, -0.2) is 4.98 Å². The van der Waals surface area contributed by atoms with Crippen molar-refractivity contribution in [2.45, 2.75) is 25.7 Å².